The molecule has 2 heteroatoms. The van der Waals surface area contributed by atoms with Gasteiger partial charge in [-0.25, -0.2) is 0 Å². The Balaban J connectivity index is 1.64. The number of carbonyl (C=O) groups is 2. The number of allylic oxidation sites excluding steroid dienone is 6. The van der Waals surface area contributed by atoms with Gasteiger partial charge in [0.2, 0.25) is 0 Å². The fraction of sp³-hybridized carbons (Fsp3) is 0.462. The van der Waals surface area contributed by atoms with E-state index in [2.05, 4.69) is 56.3 Å². The normalized spacial score (nSPS) is 39.0. The summed E-state index contributed by atoms with van der Waals surface area (Å²) in [7, 11) is 0. The summed E-state index contributed by atoms with van der Waals surface area (Å²) in [6.45, 7) is 4.52. The summed E-state index contributed by atoms with van der Waals surface area (Å²) in [5.74, 6) is 1.88. The fourth-order valence-corrected chi connectivity index (χ4v) is 6.64. The zero-order chi connectivity index (χ0) is 19.5. The number of ketones is 2. The van der Waals surface area contributed by atoms with Crippen molar-refractivity contribution in [3.8, 4) is 0 Å². The molecule has 5 unspecified atom stereocenters. The van der Waals surface area contributed by atoms with Crippen LogP contribution < -0.4 is 0 Å². The summed E-state index contributed by atoms with van der Waals surface area (Å²) in [6, 6.07) is 10.6. The van der Waals surface area contributed by atoms with E-state index in [-0.39, 0.29) is 16.6 Å². The molecule has 0 amide bonds. The minimum absolute atomic E-state index is 0.0915. The van der Waals surface area contributed by atoms with Gasteiger partial charge >= 0.3 is 0 Å². The van der Waals surface area contributed by atoms with E-state index in [0.29, 0.717) is 23.5 Å². The van der Waals surface area contributed by atoms with Gasteiger partial charge in [0, 0.05) is 17.3 Å². The van der Waals surface area contributed by atoms with Crippen molar-refractivity contribution in [3.05, 3.63) is 71.3 Å². The molecule has 1 aromatic rings. The minimum Gasteiger partial charge on any atom is -0.299 e. The van der Waals surface area contributed by atoms with Gasteiger partial charge in [0.15, 0.2) is 5.78 Å². The van der Waals surface area contributed by atoms with Crippen LogP contribution in [-0.4, -0.2) is 11.6 Å². The molecule has 5 rings (SSSR count). The Labute approximate surface area is 167 Å². The first-order valence-electron chi connectivity index (χ1n) is 10.6. The van der Waals surface area contributed by atoms with Crippen LogP contribution in [0.5, 0.6) is 0 Å². The Morgan fingerprint density at radius 2 is 1.79 bits per heavy atom. The Hall–Kier alpha value is -2.22. The third-order valence-electron chi connectivity index (χ3n) is 8.28. The zero-order valence-electron chi connectivity index (χ0n) is 16.8. The van der Waals surface area contributed by atoms with Crippen LogP contribution in [0.1, 0.15) is 45.1 Å². The molecule has 0 N–H and O–H groups in total. The van der Waals surface area contributed by atoms with Gasteiger partial charge in [0.25, 0.3) is 0 Å². The second kappa shape index (κ2) is 6.14. The third-order valence-corrected chi connectivity index (χ3v) is 8.28. The van der Waals surface area contributed by atoms with Crippen molar-refractivity contribution in [3.63, 3.8) is 0 Å². The monoisotopic (exact) mass is 372 g/mol. The quantitative estimate of drug-likeness (QED) is 0.710. The highest BCUT2D eigenvalue weighted by molar-refractivity contribution is 6.01. The van der Waals surface area contributed by atoms with Crippen LogP contribution in [0.2, 0.25) is 0 Å². The van der Waals surface area contributed by atoms with Gasteiger partial charge in [0.05, 0.1) is 0 Å². The predicted octanol–water partition coefficient (Wildman–Crippen LogP) is 5.25. The van der Waals surface area contributed by atoms with E-state index in [9.17, 15) is 9.59 Å². The van der Waals surface area contributed by atoms with Gasteiger partial charge in [0.1, 0.15) is 5.78 Å². The smallest absolute Gasteiger partial charge is 0.178 e. The highest BCUT2D eigenvalue weighted by Crippen LogP contribution is 2.63. The molecule has 0 aliphatic heterocycles. The summed E-state index contributed by atoms with van der Waals surface area (Å²) in [5.41, 5.74) is 3.65. The molecule has 0 heterocycles. The molecular formula is C26H28O2. The van der Waals surface area contributed by atoms with E-state index in [0.717, 1.165) is 32.1 Å². The maximum atomic E-state index is 12.8. The van der Waals surface area contributed by atoms with Crippen molar-refractivity contribution in [2.75, 3.05) is 0 Å². The lowest BCUT2D eigenvalue weighted by Crippen LogP contribution is -2.50. The number of rotatable bonds is 2. The number of fused-ring (bicyclic) bond motifs is 5. The van der Waals surface area contributed by atoms with Crippen molar-refractivity contribution in [2.45, 2.75) is 46.0 Å². The third kappa shape index (κ3) is 2.46. The molecule has 4 aliphatic rings. The first kappa shape index (κ1) is 17.8. The Bertz CT molecular complexity index is 934. The molecule has 4 aliphatic carbocycles. The first-order chi connectivity index (χ1) is 13.4. The molecule has 2 saturated carbocycles. The van der Waals surface area contributed by atoms with Crippen molar-refractivity contribution in [1.82, 2.24) is 0 Å². The second-order valence-corrected chi connectivity index (χ2v) is 9.66. The van der Waals surface area contributed by atoms with E-state index in [1.54, 1.807) is 6.08 Å². The molecule has 28 heavy (non-hydrogen) atoms. The summed E-state index contributed by atoms with van der Waals surface area (Å²) in [4.78, 5) is 24.9. The van der Waals surface area contributed by atoms with Gasteiger partial charge < -0.3 is 0 Å². The van der Waals surface area contributed by atoms with Crippen molar-refractivity contribution in [1.29, 1.82) is 0 Å². The maximum Gasteiger partial charge on any atom is 0.178 e. The number of benzene rings is 1. The highest BCUT2D eigenvalue weighted by atomic mass is 16.1. The van der Waals surface area contributed by atoms with E-state index in [4.69, 9.17) is 0 Å². The summed E-state index contributed by atoms with van der Waals surface area (Å²) in [5, 5.41) is 0. The Morgan fingerprint density at radius 3 is 2.57 bits per heavy atom. The van der Waals surface area contributed by atoms with Crippen molar-refractivity contribution in [2.24, 2.45) is 28.6 Å². The lowest BCUT2D eigenvalue weighted by Gasteiger charge is -2.55. The standard InChI is InChI=1S/C26H28O2/c1-25-12-10-20(27)16-19(25)15-18(14-17-6-4-3-5-7-17)24-21-8-9-23(28)26(21,2)13-11-22(24)25/h3-7,10,12,15-16,21-22,24H,8-9,11,13-14H2,1-2H3. The van der Waals surface area contributed by atoms with Crippen LogP contribution in [0.25, 0.3) is 0 Å². The summed E-state index contributed by atoms with van der Waals surface area (Å²) < 4.78 is 0. The predicted molar refractivity (Wildman–Crippen MR) is 111 cm³/mol. The van der Waals surface area contributed by atoms with Crippen molar-refractivity contribution < 1.29 is 9.59 Å². The van der Waals surface area contributed by atoms with E-state index in [1.165, 1.54) is 16.7 Å². The molecule has 0 radical (unpaired) electrons. The summed E-state index contributed by atoms with van der Waals surface area (Å²) >= 11 is 0. The second-order valence-electron chi connectivity index (χ2n) is 9.66. The van der Waals surface area contributed by atoms with Gasteiger partial charge in [-0.1, -0.05) is 61.9 Å². The highest BCUT2D eigenvalue weighted by Gasteiger charge is 2.59. The molecule has 0 aromatic heterocycles. The van der Waals surface area contributed by atoms with Crippen molar-refractivity contribution >= 4 is 11.6 Å². The largest absolute Gasteiger partial charge is 0.299 e. The molecule has 2 fully saturated rings. The average Bonchev–Trinajstić information content (AvgIpc) is 2.99. The first-order valence-corrected chi connectivity index (χ1v) is 10.6. The van der Waals surface area contributed by atoms with Crippen LogP contribution in [0.3, 0.4) is 0 Å². The average molecular weight is 373 g/mol. The van der Waals surface area contributed by atoms with Gasteiger partial charge in [-0.05, 0) is 66.7 Å². The molecule has 144 valence electrons. The topological polar surface area (TPSA) is 34.1 Å². The maximum absolute atomic E-state index is 12.8. The Morgan fingerprint density at radius 1 is 1.00 bits per heavy atom. The molecule has 5 atom stereocenters. The fourth-order valence-electron chi connectivity index (χ4n) is 6.64. The molecule has 1 aromatic carbocycles. The van der Waals surface area contributed by atoms with Gasteiger partial charge in [-0.15, -0.1) is 0 Å². The van der Waals surface area contributed by atoms with E-state index in [1.807, 2.05) is 6.08 Å². The zero-order valence-corrected chi connectivity index (χ0v) is 16.8. The Kier molecular flexibility index (Phi) is 3.91. The summed E-state index contributed by atoms with van der Waals surface area (Å²) in [6.07, 6.45) is 12.8. The molecule has 0 saturated heterocycles. The van der Waals surface area contributed by atoms with Crippen LogP contribution in [0, 0.1) is 28.6 Å². The SMILES string of the molecule is CC12C=CC(=O)C=C1C=C(Cc1ccccc1)C1C2CCC2(C)C(=O)CCC12. The molecule has 0 spiro atoms. The lowest BCUT2D eigenvalue weighted by molar-refractivity contribution is -0.130. The van der Waals surface area contributed by atoms with Crippen LogP contribution in [-0.2, 0) is 16.0 Å². The minimum atomic E-state index is -0.164. The molecular weight excluding hydrogens is 344 g/mol. The van der Waals surface area contributed by atoms with Gasteiger partial charge in [-0.2, -0.15) is 0 Å². The lowest BCUT2D eigenvalue weighted by atomic mass is 9.48. The van der Waals surface area contributed by atoms with E-state index >= 15 is 0 Å². The van der Waals surface area contributed by atoms with Gasteiger partial charge in [-0.3, -0.25) is 9.59 Å². The molecule has 2 nitrogen and oxygen atoms in total. The number of Topliss-reactive ketones (excluding diaryl/α,β-unsaturated/α-hetero) is 1. The van der Waals surface area contributed by atoms with E-state index < -0.39 is 0 Å². The van der Waals surface area contributed by atoms with Crippen LogP contribution >= 0.6 is 0 Å². The number of hydrogen-bond acceptors (Lipinski definition) is 2. The molecule has 0 bridgehead atoms. The number of hydrogen-bond donors (Lipinski definition) is 0. The number of carbonyl (C=O) groups excluding carboxylic acids is 2. The van der Waals surface area contributed by atoms with Crippen LogP contribution in [0.4, 0.5) is 0 Å². The van der Waals surface area contributed by atoms with Crippen LogP contribution in [0.15, 0.2) is 65.8 Å².